The number of amides is 6. The Hall–Kier alpha value is -3.87. The molecule has 0 aromatic rings. The van der Waals surface area contributed by atoms with Crippen molar-refractivity contribution in [1.82, 2.24) is 31.1 Å². The van der Waals surface area contributed by atoms with E-state index in [1.807, 2.05) is 33.0 Å². The summed E-state index contributed by atoms with van der Waals surface area (Å²) in [6, 6.07) is -8.69. The van der Waals surface area contributed by atoms with Crippen LogP contribution in [-0.2, 0) is 33.6 Å². The number of aliphatic carboxylic acids is 1. The molecule has 2 aliphatic heterocycles. The molecule has 6 amide bonds. The molecule has 2 saturated heterocycles. The molecular formula is C32H55N7O11. The monoisotopic (exact) mass is 713 g/mol. The van der Waals surface area contributed by atoms with E-state index in [0.717, 1.165) is 0 Å². The van der Waals surface area contributed by atoms with E-state index in [2.05, 4.69) is 16.0 Å². The van der Waals surface area contributed by atoms with Gasteiger partial charge in [-0.05, 0) is 50.9 Å². The van der Waals surface area contributed by atoms with Gasteiger partial charge in [0.25, 0.3) is 0 Å². The highest BCUT2D eigenvalue weighted by Gasteiger charge is 2.42. The zero-order valence-electron chi connectivity index (χ0n) is 29.5. The summed E-state index contributed by atoms with van der Waals surface area (Å²) in [7, 11) is 0. The SMILES string of the molecule is CC[C@H](C)[C@H](N)C(=O)N1CCC[C@H]1C(=O)N[C@H](C(=O)N[C@@H](CC(C)C)C(=O)N1CCC[C@H]1C(=O)N[C@@H](CO)C(=O)N[C@@H](CO)C(=O)O)[C@@H](C)O. The van der Waals surface area contributed by atoms with E-state index >= 15 is 0 Å². The fourth-order valence-electron chi connectivity index (χ4n) is 6.02. The van der Waals surface area contributed by atoms with Crippen molar-refractivity contribution in [1.29, 1.82) is 0 Å². The first-order valence-corrected chi connectivity index (χ1v) is 17.2. The smallest absolute Gasteiger partial charge is 0.328 e. The Kier molecular flexibility index (Phi) is 16.5. The third-order valence-corrected chi connectivity index (χ3v) is 9.22. The molecule has 0 bridgehead atoms. The minimum atomic E-state index is -1.67. The zero-order valence-corrected chi connectivity index (χ0v) is 29.5. The lowest BCUT2D eigenvalue weighted by Gasteiger charge is -2.32. The maximum atomic E-state index is 13.9. The Balaban J connectivity index is 2.18. The summed E-state index contributed by atoms with van der Waals surface area (Å²) in [5, 5.41) is 48.0. The molecule has 0 unspecified atom stereocenters. The van der Waals surface area contributed by atoms with E-state index in [-0.39, 0.29) is 37.1 Å². The van der Waals surface area contributed by atoms with Crippen molar-refractivity contribution in [3.05, 3.63) is 0 Å². The van der Waals surface area contributed by atoms with E-state index in [0.29, 0.717) is 32.2 Å². The van der Waals surface area contributed by atoms with Crippen LogP contribution in [0.1, 0.15) is 73.1 Å². The molecule has 2 aliphatic rings. The van der Waals surface area contributed by atoms with Gasteiger partial charge in [-0.25, -0.2) is 4.79 Å². The van der Waals surface area contributed by atoms with Gasteiger partial charge in [-0.1, -0.05) is 34.1 Å². The second-order valence-corrected chi connectivity index (χ2v) is 13.5. The van der Waals surface area contributed by atoms with Crippen molar-refractivity contribution < 1.29 is 54.0 Å². The van der Waals surface area contributed by atoms with Crippen LogP contribution in [0.25, 0.3) is 0 Å². The first kappa shape index (κ1) is 42.3. The van der Waals surface area contributed by atoms with Gasteiger partial charge in [0.05, 0.1) is 25.4 Å². The summed E-state index contributed by atoms with van der Waals surface area (Å²) in [4.78, 5) is 93.5. The average molecular weight is 714 g/mol. The fraction of sp³-hybridized carbons (Fsp3) is 0.781. The van der Waals surface area contributed by atoms with Crippen LogP contribution >= 0.6 is 0 Å². The number of nitrogens with zero attached hydrogens (tertiary/aromatic N) is 2. The summed E-state index contributed by atoms with van der Waals surface area (Å²) in [5.41, 5.74) is 6.15. The van der Waals surface area contributed by atoms with Crippen LogP contribution in [0.4, 0.5) is 0 Å². The molecule has 50 heavy (non-hydrogen) atoms. The molecule has 0 radical (unpaired) electrons. The van der Waals surface area contributed by atoms with E-state index in [4.69, 9.17) is 10.8 Å². The summed E-state index contributed by atoms with van der Waals surface area (Å²) in [6.07, 6.45) is 0.893. The van der Waals surface area contributed by atoms with Gasteiger partial charge in [0.1, 0.15) is 36.3 Å². The van der Waals surface area contributed by atoms with Gasteiger partial charge in [0.15, 0.2) is 0 Å². The molecule has 18 heteroatoms. The van der Waals surface area contributed by atoms with Gasteiger partial charge in [0.2, 0.25) is 35.4 Å². The highest BCUT2D eigenvalue weighted by Crippen LogP contribution is 2.22. The predicted octanol–water partition coefficient (Wildman–Crippen LogP) is -3.22. The lowest BCUT2D eigenvalue weighted by atomic mass is 9.98. The van der Waals surface area contributed by atoms with Gasteiger partial charge in [-0.15, -0.1) is 0 Å². The van der Waals surface area contributed by atoms with Crippen molar-refractivity contribution in [2.45, 2.75) is 122 Å². The third kappa shape index (κ3) is 11.1. The van der Waals surface area contributed by atoms with Gasteiger partial charge < -0.3 is 57.2 Å². The van der Waals surface area contributed by atoms with Crippen LogP contribution in [0.5, 0.6) is 0 Å². The molecule has 0 aliphatic carbocycles. The molecule has 0 aromatic heterocycles. The highest BCUT2D eigenvalue weighted by atomic mass is 16.4. The Bertz CT molecular complexity index is 1230. The zero-order chi connectivity index (χ0) is 37.9. The number of likely N-dealkylation sites (tertiary alicyclic amines) is 2. The normalized spacial score (nSPS) is 21.7. The number of aliphatic hydroxyl groups is 3. The molecule has 2 heterocycles. The number of carboxylic acids is 1. The van der Waals surface area contributed by atoms with E-state index in [9.17, 15) is 48.9 Å². The van der Waals surface area contributed by atoms with Crippen molar-refractivity contribution in [2.75, 3.05) is 26.3 Å². The van der Waals surface area contributed by atoms with Gasteiger partial charge in [-0.3, -0.25) is 28.8 Å². The molecule has 284 valence electrons. The van der Waals surface area contributed by atoms with Crippen LogP contribution in [0.15, 0.2) is 0 Å². The molecular weight excluding hydrogens is 658 g/mol. The van der Waals surface area contributed by atoms with Crippen molar-refractivity contribution in [3.63, 3.8) is 0 Å². The van der Waals surface area contributed by atoms with E-state index in [1.165, 1.54) is 16.7 Å². The quantitative estimate of drug-likeness (QED) is 0.0679. The number of nitrogens with two attached hydrogens (primary N) is 1. The predicted molar refractivity (Wildman–Crippen MR) is 178 cm³/mol. The Labute approximate surface area is 291 Å². The fourth-order valence-corrected chi connectivity index (χ4v) is 6.02. The average Bonchev–Trinajstić information content (AvgIpc) is 3.76. The molecule has 0 saturated carbocycles. The lowest BCUT2D eigenvalue weighted by Crippen LogP contribution is -2.61. The highest BCUT2D eigenvalue weighted by molar-refractivity contribution is 5.97. The second-order valence-electron chi connectivity index (χ2n) is 13.5. The number of hydrogen-bond acceptors (Lipinski definition) is 11. The number of carbonyl (C=O) groups excluding carboxylic acids is 6. The molecule has 0 spiro atoms. The standard InChI is InChI=1S/C32H55N7O11/c1-6-17(4)24(33)31(48)39-12-8-10-23(39)28(45)37-25(18(5)42)29(46)34-19(13-16(2)3)30(47)38-11-7-9-22(38)27(44)35-20(14-40)26(43)36-21(15-41)32(49)50/h16-25,40-42H,6-15,33H2,1-5H3,(H,34,46)(H,35,44)(H,36,43)(H,37,45)(H,49,50)/t17-,18+,19-,20-,21-,22-,23-,24-,25-/m0/s1. The Morgan fingerprint density at radius 1 is 0.740 bits per heavy atom. The van der Waals surface area contributed by atoms with Crippen LogP contribution in [-0.4, -0.2) is 146 Å². The van der Waals surface area contributed by atoms with E-state index in [1.54, 1.807) is 0 Å². The van der Waals surface area contributed by atoms with Crippen molar-refractivity contribution >= 4 is 41.4 Å². The molecule has 2 fully saturated rings. The summed E-state index contributed by atoms with van der Waals surface area (Å²) >= 11 is 0. The number of carboxylic acid groups (broad SMARTS) is 1. The number of carbonyl (C=O) groups is 7. The van der Waals surface area contributed by atoms with E-state index < -0.39 is 97.1 Å². The van der Waals surface area contributed by atoms with Gasteiger partial charge in [-0.2, -0.15) is 0 Å². The number of hydrogen-bond donors (Lipinski definition) is 9. The van der Waals surface area contributed by atoms with Crippen molar-refractivity contribution in [2.24, 2.45) is 17.6 Å². The number of nitrogens with one attached hydrogen (secondary N) is 4. The van der Waals surface area contributed by atoms with Crippen LogP contribution in [0.3, 0.4) is 0 Å². The number of aliphatic hydroxyl groups excluding tert-OH is 3. The molecule has 2 rings (SSSR count). The van der Waals surface area contributed by atoms with Gasteiger partial charge in [0, 0.05) is 13.1 Å². The first-order valence-electron chi connectivity index (χ1n) is 17.2. The minimum Gasteiger partial charge on any atom is -0.480 e. The van der Waals surface area contributed by atoms with Crippen LogP contribution in [0, 0.1) is 11.8 Å². The maximum Gasteiger partial charge on any atom is 0.328 e. The lowest BCUT2D eigenvalue weighted by molar-refractivity contribution is -0.145. The number of rotatable bonds is 18. The summed E-state index contributed by atoms with van der Waals surface area (Å²) < 4.78 is 0. The summed E-state index contributed by atoms with van der Waals surface area (Å²) in [6.45, 7) is 7.29. The molecule has 10 N–H and O–H groups in total. The molecule has 18 nitrogen and oxygen atoms in total. The van der Waals surface area contributed by atoms with Crippen molar-refractivity contribution in [3.8, 4) is 0 Å². The summed E-state index contributed by atoms with van der Waals surface area (Å²) in [5.74, 6) is -6.11. The minimum absolute atomic E-state index is 0.112. The molecule has 9 atom stereocenters. The van der Waals surface area contributed by atoms with Crippen LogP contribution < -0.4 is 27.0 Å². The Morgan fingerprint density at radius 3 is 1.70 bits per heavy atom. The first-order chi connectivity index (χ1) is 23.5. The molecule has 0 aromatic carbocycles. The van der Waals surface area contributed by atoms with Gasteiger partial charge >= 0.3 is 5.97 Å². The maximum absolute atomic E-state index is 13.9. The third-order valence-electron chi connectivity index (χ3n) is 9.22. The largest absolute Gasteiger partial charge is 0.480 e. The topological polar surface area (TPSA) is 281 Å². The Morgan fingerprint density at radius 2 is 1.24 bits per heavy atom. The van der Waals surface area contributed by atoms with Crippen LogP contribution in [0.2, 0.25) is 0 Å². The second kappa shape index (κ2) is 19.5.